The number of amides is 2. The zero-order valence-corrected chi connectivity index (χ0v) is 23.3. The quantitative estimate of drug-likeness (QED) is 0.440. The molecule has 0 radical (unpaired) electrons. The van der Waals surface area contributed by atoms with Crippen LogP contribution in [0.1, 0.15) is 61.3 Å². The van der Waals surface area contributed by atoms with E-state index >= 15 is 0 Å². The average Bonchev–Trinajstić information content (AvgIpc) is 2.97. The van der Waals surface area contributed by atoms with Crippen LogP contribution in [-0.2, 0) is 29.1 Å². The Morgan fingerprint density at radius 3 is 2.38 bits per heavy atom. The molecule has 2 atom stereocenters. The van der Waals surface area contributed by atoms with Gasteiger partial charge in [-0.3, -0.25) is 19.5 Å². The van der Waals surface area contributed by atoms with E-state index in [9.17, 15) is 9.59 Å². The first kappa shape index (κ1) is 27.1. The Morgan fingerprint density at radius 1 is 0.872 bits per heavy atom. The number of fused-ring (bicyclic) bond motifs is 3. The van der Waals surface area contributed by atoms with Gasteiger partial charge in [-0.25, -0.2) is 0 Å². The minimum atomic E-state index is 0.132. The Bertz CT molecular complexity index is 1260. The smallest absolute Gasteiger partial charge is 0.227 e. The van der Waals surface area contributed by atoms with Gasteiger partial charge in [0.1, 0.15) is 0 Å². The molecular formula is C33H40N4O2. The van der Waals surface area contributed by atoms with E-state index in [0.29, 0.717) is 38.5 Å². The molecular weight excluding hydrogens is 484 g/mol. The third-order valence-corrected chi connectivity index (χ3v) is 8.32. The van der Waals surface area contributed by atoms with Crippen LogP contribution in [0.2, 0.25) is 0 Å². The fraction of sp³-hybridized carbons (Fsp3) is 0.424. The second-order valence-corrected chi connectivity index (χ2v) is 11.0. The Kier molecular flexibility index (Phi) is 8.72. The number of nitrogens with zero attached hydrogens (tertiary/aromatic N) is 4. The summed E-state index contributed by atoms with van der Waals surface area (Å²) in [7, 11) is 0. The summed E-state index contributed by atoms with van der Waals surface area (Å²) in [6.07, 6.45) is 8.76. The van der Waals surface area contributed by atoms with Crippen LogP contribution in [-0.4, -0.2) is 51.8 Å². The number of para-hydroxylation sites is 1. The Hall–Kier alpha value is -3.51. The molecule has 3 aromatic rings. The van der Waals surface area contributed by atoms with Gasteiger partial charge in [-0.15, -0.1) is 0 Å². The molecule has 2 aliphatic rings. The number of aryl methyl sites for hydroxylation is 1. The first-order valence-electron chi connectivity index (χ1n) is 14.4. The minimum absolute atomic E-state index is 0.132. The van der Waals surface area contributed by atoms with E-state index in [1.54, 1.807) is 0 Å². The molecule has 1 fully saturated rings. The SMILES string of the molecule is CCC(=O)N1CCC2CCCC(CN(C(=O)Cc3ccc(C)cc3)Cc3ccccc31)N2Cc1ccncc1. The fourth-order valence-electron chi connectivity index (χ4n) is 6.15. The monoisotopic (exact) mass is 524 g/mol. The molecule has 6 heteroatoms. The van der Waals surface area contributed by atoms with Gasteiger partial charge in [0.25, 0.3) is 0 Å². The number of piperidine rings is 1. The number of hydrogen-bond donors (Lipinski definition) is 0. The molecule has 2 bridgehead atoms. The number of benzene rings is 2. The first-order valence-corrected chi connectivity index (χ1v) is 14.4. The van der Waals surface area contributed by atoms with Gasteiger partial charge in [0, 0.05) is 62.8 Å². The molecule has 2 aromatic carbocycles. The predicted molar refractivity (Wildman–Crippen MR) is 155 cm³/mol. The zero-order chi connectivity index (χ0) is 27.2. The van der Waals surface area contributed by atoms with Crippen molar-refractivity contribution in [2.24, 2.45) is 0 Å². The second kappa shape index (κ2) is 12.6. The summed E-state index contributed by atoms with van der Waals surface area (Å²) in [5.41, 5.74) is 5.43. The molecule has 204 valence electrons. The van der Waals surface area contributed by atoms with E-state index in [1.165, 1.54) is 11.1 Å². The van der Waals surface area contributed by atoms with Crippen LogP contribution in [0.3, 0.4) is 0 Å². The van der Waals surface area contributed by atoms with E-state index in [4.69, 9.17) is 0 Å². The molecule has 39 heavy (non-hydrogen) atoms. The van der Waals surface area contributed by atoms with Crippen LogP contribution >= 0.6 is 0 Å². The normalized spacial score (nSPS) is 20.2. The third-order valence-electron chi connectivity index (χ3n) is 8.32. The van der Waals surface area contributed by atoms with Gasteiger partial charge in [-0.2, -0.15) is 0 Å². The molecule has 2 unspecified atom stereocenters. The van der Waals surface area contributed by atoms with E-state index in [1.807, 2.05) is 47.3 Å². The van der Waals surface area contributed by atoms with Gasteiger partial charge in [-0.05, 0) is 61.1 Å². The maximum Gasteiger partial charge on any atom is 0.227 e. The van der Waals surface area contributed by atoms with Crippen molar-refractivity contribution in [2.75, 3.05) is 18.0 Å². The second-order valence-electron chi connectivity index (χ2n) is 11.0. The fourth-order valence-corrected chi connectivity index (χ4v) is 6.15. The lowest BCUT2D eigenvalue weighted by Crippen LogP contribution is -2.52. The number of anilines is 1. The molecule has 1 saturated heterocycles. The summed E-state index contributed by atoms with van der Waals surface area (Å²) < 4.78 is 0. The highest BCUT2D eigenvalue weighted by atomic mass is 16.2. The summed E-state index contributed by atoms with van der Waals surface area (Å²) in [5.74, 6) is 0.263. The molecule has 3 heterocycles. The number of pyridine rings is 1. The van der Waals surface area contributed by atoms with Crippen molar-refractivity contribution in [2.45, 2.75) is 77.5 Å². The maximum atomic E-state index is 13.9. The molecule has 6 nitrogen and oxygen atoms in total. The van der Waals surface area contributed by atoms with Crippen molar-refractivity contribution in [3.05, 3.63) is 95.3 Å². The highest BCUT2D eigenvalue weighted by Gasteiger charge is 2.34. The molecule has 2 amide bonds. The highest BCUT2D eigenvalue weighted by Crippen LogP contribution is 2.32. The van der Waals surface area contributed by atoms with E-state index in [0.717, 1.165) is 49.0 Å². The van der Waals surface area contributed by atoms with Crippen molar-refractivity contribution < 1.29 is 9.59 Å². The zero-order valence-electron chi connectivity index (χ0n) is 23.3. The topological polar surface area (TPSA) is 56.8 Å². The van der Waals surface area contributed by atoms with Gasteiger partial charge in [0.2, 0.25) is 11.8 Å². The third kappa shape index (κ3) is 6.56. The maximum absolute atomic E-state index is 13.9. The number of carbonyl (C=O) groups is 2. The van der Waals surface area contributed by atoms with Crippen LogP contribution in [0.5, 0.6) is 0 Å². The van der Waals surface area contributed by atoms with Crippen molar-refractivity contribution in [1.82, 2.24) is 14.8 Å². The molecule has 0 aliphatic carbocycles. The van der Waals surface area contributed by atoms with E-state index < -0.39 is 0 Å². The van der Waals surface area contributed by atoms with E-state index in [2.05, 4.69) is 59.3 Å². The predicted octanol–water partition coefficient (Wildman–Crippen LogP) is 5.53. The van der Waals surface area contributed by atoms with Gasteiger partial charge < -0.3 is 9.80 Å². The lowest BCUT2D eigenvalue weighted by molar-refractivity contribution is -0.132. The average molecular weight is 525 g/mol. The van der Waals surface area contributed by atoms with Gasteiger partial charge in [0.15, 0.2) is 0 Å². The summed E-state index contributed by atoms with van der Waals surface area (Å²) >= 11 is 0. The highest BCUT2D eigenvalue weighted by molar-refractivity contribution is 5.94. The van der Waals surface area contributed by atoms with Crippen molar-refractivity contribution in [3.8, 4) is 0 Å². The molecule has 0 saturated carbocycles. The van der Waals surface area contributed by atoms with Crippen molar-refractivity contribution in [3.63, 3.8) is 0 Å². The molecule has 2 aliphatic heterocycles. The van der Waals surface area contributed by atoms with E-state index in [-0.39, 0.29) is 17.9 Å². The lowest BCUT2D eigenvalue weighted by atomic mass is 9.92. The van der Waals surface area contributed by atoms with Crippen LogP contribution in [0, 0.1) is 6.92 Å². The summed E-state index contributed by atoms with van der Waals surface area (Å²) in [4.78, 5) is 38.0. The van der Waals surface area contributed by atoms with Crippen molar-refractivity contribution in [1.29, 1.82) is 0 Å². The number of carbonyl (C=O) groups excluding carboxylic acids is 2. The number of aromatic nitrogens is 1. The summed E-state index contributed by atoms with van der Waals surface area (Å²) in [6.45, 7) is 6.69. The van der Waals surface area contributed by atoms with Crippen LogP contribution in [0.25, 0.3) is 0 Å². The van der Waals surface area contributed by atoms with Crippen molar-refractivity contribution >= 4 is 17.5 Å². The van der Waals surface area contributed by atoms with Crippen LogP contribution in [0.4, 0.5) is 5.69 Å². The molecule has 0 N–H and O–H groups in total. The molecule has 0 spiro atoms. The molecule has 5 rings (SSSR count). The van der Waals surface area contributed by atoms with Gasteiger partial charge in [0.05, 0.1) is 6.42 Å². The summed E-state index contributed by atoms with van der Waals surface area (Å²) in [6, 6.07) is 21.2. The number of rotatable bonds is 5. The minimum Gasteiger partial charge on any atom is -0.336 e. The molecule has 1 aromatic heterocycles. The largest absolute Gasteiger partial charge is 0.336 e. The Balaban J connectivity index is 1.52. The Labute approximate surface area is 232 Å². The van der Waals surface area contributed by atoms with Crippen LogP contribution in [0.15, 0.2) is 73.1 Å². The van der Waals surface area contributed by atoms with Gasteiger partial charge >= 0.3 is 0 Å². The lowest BCUT2D eigenvalue weighted by Gasteiger charge is -2.44. The Morgan fingerprint density at radius 2 is 1.62 bits per heavy atom. The number of hydrogen-bond acceptors (Lipinski definition) is 4. The standard InChI is InChI=1S/C33H40N4O2/c1-3-32(38)36-20-17-29-8-6-9-30(37(29)22-27-15-18-34-19-16-27)24-35(23-28-7-4-5-10-31(28)36)33(39)21-26-13-11-25(2)12-14-26/h4-5,7,10-16,18-19,29-30H,3,6,8-9,17,20-24H2,1-2H3. The first-order chi connectivity index (χ1) is 19.0. The van der Waals surface area contributed by atoms with Crippen LogP contribution < -0.4 is 4.90 Å². The van der Waals surface area contributed by atoms with Gasteiger partial charge in [-0.1, -0.05) is 61.4 Å². The summed E-state index contributed by atoms with van der Waals surface area (Å²) in [5, 5.41) is 0.